The van der Waals surface area contributed by atoms with Gasteiger partial charge in [-0.3, -0.25) is 19.4 Å². The Morgan fingerprint density at radius 2 is 1.90 bits per heavy atom. The highest BCUT2D eigenvalue weighted by Gasteiger charge is 2.32. The van der Waals surface area contributed by atoms with Crippen molar-refractivity contribution in [2.24, 2.45) is 12.9 Å². The molecule has 0 saturated carbocycles. The van der Waals surface area contributed by atoms with E-state index in [2.05, 4.69) is 10.4 Å². The van der Waals surface area contributed by atoms with Crippen molar-refractivity contribution in [1.82, 2.24) is 19.6 Å². The number of anilines is 2. The number of nitrogens with one attached hydrogen (secondary N) is 1. The van der Waals surface area contributed by atoms with Crippen molar-refractivity contribution in [3.8, 4) is 0 Å². The number of carbonyl (C=O) groups excluding carboxylic acids is 1. The average Bonchev–Trinajstić information content (AvgIpc) is 3.25. The molecular weight excluding hydrogens is 571 g/mol. The van der Waals surface area contributed by atoms with Gasteiger partial charge >= 0.3 is 6.18 Å². The maximum atomic E-state index is 13.7. The Hall–Kier alpha value is -3.58. The maximum absolute atomic E-state index is 13.7. The standard InChI is InChI=1S/C29H35ClF3N7O2/c1-18-24(15-35-38(18)4)27(37(2)3)17-40(34)26-13-20(5-6-25(26)30)28(42)36-22-12-19(11-21(14-22)29(31,32)33)16-39-9-7-23(41)8-10-39/h5-6,11-15,17,23,41H,7-10,16,34H2,1-4H3,(H,36,42)/b27-17-. The summed E-state index contributed by atoms with van der Waals surface area (Å²) in [6.45, 7) is 3.34. The van der Waals surface area contributed by atoms with Gasteiger partial charge in [-0.25, -0.2) is 5.84 Å². The molecule has 1 aromatic heterocycles. The fourth-order valence-corrected chi connectivity index (χ4v) is 5.00. The van der Waals surface area contributed by atoms with Gasteiger partial charge in [0.15, 0.2) is 0 Å². The fourth-order valence-electron chi connectivity index (χ4n) is 4.79. The van der Waals surface area contributed by atoms with Gasteiger partial charge in [0.2, 0.25) is 0 Å². The molecule has 42 heavy (non-hydrogen) atoms. The molecule has 9 nitrogen and oxygen atoms in total. The third kappa shape index (κ3) is 7.43. The quantitative estimate of drug-likeness (QED) is 0.249. The van der Waals surface area contributed by atoms with Crippen molar-refractivity contribution in [3.63, 3.8) is 0 Å². The van der Waals surface area contributed by atoms with E-state index in [1.165, 1.54) is 29.3 Å². The Labute approximate surface area is 247 Å². The number of nitrogens with two attached hydrogens (primary N) is 1. The molecule has 1 amide bonds. The smallest absolute Gasteiger partial charge is 0.393 e. The van der Waals surface area contributed by atoms with Crippen molar-refractivity contribution in [3.05, 3.63) is 81.8 Å². The minimum atomic E-state index is -4.59. The van der Waals surface area contributed by atoms with Crippen LogP contribution in [0.2, 0.25) is 5.02 Å². The number of benzene rings is 2. The van der Waals surface area contributed by atoms with Crippen molar-refractivity contribution in [1.29, 1.82) is 0 Å². The van der Waals surface area contributed by atoms with Gasteiger partial charge in [-0.15, -0.1) is 0 Å². The molecule has 0 atom stereocenters. The number of alkyl halides is 3. The van der Waals surface area contributed by atoms with Crippen molar-refractivity contribution < 1.29 is 23.1 Å². The highest BCUT2D eigenvalue weighted by Crippen LogP contribution is 2.33. The number of hydrogen-bond acceptors (Lipinski definition) is 7. The van der Waals surface area contributed by atoms with Gasteiger partial charge in [-0.1, -0.05) is 11.6 Å². The summed E-state index contributed by atoms with van der Waals surface area (Å²) in [5, 5.41) is 18.2. The predicted molar refractivity (Wildman–Crippen MR) is 158 cm³/mol. The number of aliphatic hydroxyl groups excluding tert-OH is 1. The van der Waals surface area contributed by atoms with Crippen LogP contribution in [0.25, 0.3) is 5.70 Å². The zero-order valence-corrected chi connectivity index (χ0v) is 24.7. The van der Waals surface area contributed by atoms with Crippen LogP contribution >= 0.6 is 11.6 Å². The molecule has 1 aliphatic rings. The second-order valence-electron chi connectivity index (χ2n) is 10.6. The number of aryl methyl sites for hydroxylation is 1. The molecule has 0 unspecified atom stereocenters. The second kappa shape index (κ2) is 12.7. The molecule has 0 radical (unpaired) electrons. The predicted octanol–water partition coefficient (Wildman–Crippen LogP) is 4.85. The number of aliphatic hydroxyl groups is 1. The number of hydrogen-bond donors (Lipinski definition) is 3. The molecule has 0 spiro atoms. The lowest BCUT2D eigenvalue weighted by Crippen LogP contribution is -2.35. The van der Waals surface area contributed by atoms with Crippen molar-refractivity contribution >= 4 is 34.6 Å². The molecule has 1 saturated heterocycles. The Bertz CT molecular complexity index is 1460. The van der Waals surface area contributed by atoms with Gasteiger partial charge in [0.25, 0.3) is 5.91 Å². The first-order chi connectivity index (χ1) is 19.7. The summed E-state index contributed by atoms with van der Waals surface area (Å²) >= 11 is 6.44. The molecule has 0 bridgehead atoms. The monoisotopic (exact) mass is 605 g/mol. The van der Waals surface area contributed by atoms with E-state index in [0.29, 0.717) is 37.2 Å². The van der Waals surface area contributed by atoms with Crippen LogP contribution in [-0.4, -0.2) is 63.9 Å². The fraction of sp³-hybridized carbons (Fsp3) is 0.379. The van der Waals surface area contributed by atoms with Crippen molar-refractivity contribution in [2.45, 2.75) is 38.6 Å². The normalized spacial score (nSPS) is 15.1. The molecule has 1 aliphatic heterocycles. The number of hydrazine groups is 1. The van der Waals surface area contributed by atoms with E-state index in [1.54, 1.807) is 17.1 Å². The number of nitrogens with zero attached hydrogens (tertiary/aromatic N) is 5. The molecule has 3 aromatic rings. The number of rotatable bonds is 8. The largest absolute Gasteiger partial charge is 0.416 e. The summed E-state index contributed by atoms with van der Waals surface area (Å²) in [6.07, 6.45) is -0.483. The summed E-state index contributed by atoms with van der Waals surface area (Å²) in [5.74, 6) is 5.76. The van der Waals surface area contributed by atoms with Crippen LogP contribution in [0.1, 0.15) is 45.6 Å². The van der Waals surface area contributed by atoms with E-state index < -0.39 is 23.8 Å². The van der Waals surface area contributed by atoms with Gasteiger partial charge in [0.1, 0.15) is 0 Å². The molecule has 226 valence electrons. The van der Waals surface area contributed by atoms with E-state index in [1.807, 2.05) is 37.9 Å². The SMILES string of the molecule is Cc1c(/C(=C/N(N)c2cc(C(=O)Nc3cc(CN4CCC(O)CC4)cc(C(F)(F)F)c3)ccc2Cl)N(C)C)cnn1C. The lowest BCUT2D eigenvalue weighted by atomic mass is 10.0. The molecule has 4 N–H and O–H groups in total. The zero-order valence-electron chi connectivity index (χ0n) is 23.9. The maximum Gasteiger partial charge on any atom is 0.416 e. The van der Waals surface area contributed by atoms with Gasteiger partial charge in [0.05, 0.1) is 34.3 Å². The number of likely N-dealkylation sites (tertiary alicyclic amines) is 1. The minimum absolute atomic E-state index is 0.0183. The Morgan fingerprint density at radius 1 is 1.21 bits per heavy atom. The van der Waals surface area contributed by atoms with E-state index >= 15 is 0 Å². The number of carbonyl (C=O) groups is 1. The summed E-state index contributed by atoms with van der Waals surface area (Å²) in [7, 11) is 5.54. The van der Waals surface area contributed by atoms with Gasteiger partial charge in [-0.05, 0) is 61.7 Å². The first-order valence-corrected chi connectivity index (χ1v) is 13.7. The topological polar surface area (TPSA) is 103 Å². The molecule has 13 heteroatoms. The Morgan fingerprint density at radius 3 is 2.50 bits per heavy atom. The zero-order chi connectivity index (χ0) is 30.8. The summed E-state index contributed by atoms with van der Waals surface area (Å²) < 4.78 is 42.9. The average molecular weight is 606 g/mol. The molecule has 2 aromatic carbocycles. The third-order valence-electron chi connectivity index (χ3n) is 7.28. The van der Waals surface area contributed by atoms with Crippen LogP contribution in [0.5, 0.6) is 0 Å². The minimum Gasteiger partial charge on any atom is -0.393 e. The van der Waals surface area contributed by atoms with Gasteiger partial charge in [-0.2, -0.15) is 18.3 Å². The van der Waals surface area contributed by atoms with E-state index in [-0.39, 0.29) is 22.8 Å². The Kier molecular flexibility index (Phi) is 9.51. The summed E-state index contributed by atoms with van der Waals surface area (Å²) in [5.41, 5.74) is 2.56. The molecule has 2 heterocycles. The number of piperidine rings is 1. The van der Waals surface area contributed by atoms with Crippen molar-refractivity contribution in [2.75, 3.05) is 37.5 Å². The molecule has 0 aliphatic carbocycles. The summed E-state index contributed by atoms with van der Waals surface area (Å²) in [4.78, 5) is 17.1. The number of amides is 1. The van der Waals surface area contributed by atoms with Crippen LogP contribution in [-0.2, 0) is 19.8 Å². The van der Waals surface area contributed by atoms with E-state index in [9.17, 15) is 23.1 Å². The van der Waals surface area contributed by atoms with Gasteiger partial charge < -0.3 is 15.3 Å². The van der Waals surface area contributed by atoms with E-state index in [4.69, 9.17) is 17.4 Å². The second-order valence-corrected chi connectivity index (χ2v) is 11.0. The number of halogens is 4. The van der Waals surface area contributed by atoms with Crippen LogP contribution in [0.3, 0.4) is 0 Å². The van der Waals surface area contributed by atoms with Gasteiger partial charge in [0, 0.05) is 69.5 Å². The lowest BCUT2D eigenvalue weighted by Gasteiger charge is -2.29. The van der Waals surface area contributed by atoms with Crippen LogP contribution in [0.15, 0.2) is 48.8 Å². The Balaban J connectivity index is 1.59. The molecule has 1 fully saturated rings. The highest BCUT2D eigenvalue weighted by atomic mass is 35.5. The molecule has 4 rings (SSSR count). The van der Waals surface area contributed by atoms with Crippen LogP contribution < -0.4 is 16.2 Å². The van der Waals surface area contributed by atoms with E-state index in [0.717, 1.165) is 29.1 Å². The summed E-state index contributed by atoms with van der Waals surface area (Å²) in [6, 6.07) is 8.00. The highest BCUT2D eigenvalue weighted by molar-refractivity contribution is 6.33. The van der Waals surface area contributed by atoms with Crippen LogP contribution in [0, 0.1) is 6.92 Å². The third-order valence-corrected chi connectivity index (χ3v) is 7.60. The number of aromatic nitrogens is 2. The first kappa shape index (κ1) is 31.4. The molecular formula is C29H35ClF3N7O2. The first-order valence-electron chi connectivity index (χ1n) is 13.4. The van der Waals surface area contributed by atoms with Crippen LogP contribution in [0.4, 0.5) is 24.5 Å². The lowest BCUT2D eigenvalue weighted by molar-refractivity contribution is -0.137.